The first-order valence-corrected chi connectivity index (χ1v) is 8.68. The third-order valence-corrected chi connectivity index (χ3v) is 4.08. The molecular weight excluding hydrogens is 434 g/mol. The minimum absolute atomic E-state index is 0.0150. The lowest BCUT2D eigenvalue weighted by molar-refractivity contribution is -0.392. The van der Waals surface area contributed by atoms with E-state index in [1.165, 1.54) is 10.9 Å². The van der Waals surface area contributed by atoms with Gasteiger partial charge in [-0.25, -0.2) is 9.55 Å². The normalized spacial score (nSPS) is 12.5. The molecule has 0 atom stereocenters. The van der Waals surface area contributed by atoms with Gasteiger partial charge in [0.2, 0.25) is 0 Å². The summed E-state index contributed by atoms with van der Waals surface area (Å²) in [5.41, 5.74) is -3.60. The van der Waals surface area contributed by atoms with Gasteiger partial charge in [0.1, 0.15) is 6.33 Å². The van der Waals surface area contributed by atoms with Crippen LogP contribution in [0.25, 0.3) is 17.2 Å². The minimum atomic E-state index is -5.03. The van der Waals surface area contributed by atoms with Gasteiger partial charge in [-0.2, -0.15) is 36.0 Å². The summed E-state index contributed by atoms with van der Waals surface area (Å²) in [6, 6.07) is 0.931. The molecule has 0 saturated carbocycles. The lowest BCUT2D eigenvalue weighted by Crippen LogP contribution is -2.11. The topological polar surface area (TPSA) is 91.7 Å². The van der Waals surface area contributed by atoms with Gasteiger partial charge in [0.25, 0.3) is 5.82 Å². The average molecular weight is 448 g/mol. The van der Waals surface area contributed by atoms with E-state index in [9.17, 15) is 36.5 Å². The maximum atomic E-state index is 13.1. The molecule has 0 radical (unpaired) electrons. The number of imidazole rings is 1. The molecule has 0 spiro atoms. The first kappa shape index (κ1) is 22.2. The number of alkyl halides is 6. The molecule has 0 aliphatic rings. The van der Waals surface area contributed by atoms with Crippen LogP contribution in [0.4, 0.5) is 32.2 Å². The van der Waals surface area contributed by atoms with E-state index in [2.05, 4.69) is 15.1 Å². The highest BCUT2D eigenvalue weighted by Crippen LogP contribution is 2.38. The van der Waals surface area contributed by atoms with Gasteiger partial charge in [-0.3, -0.25) is 0 Å². The number of hydrogen-bond acceptors (Lipinski definition) is 5. The molecule has 31 heavy (non-hydrogen) atoms. The standard InChI is InChI=1S/C17H14F6N6O2/c1-9(2)6-27-7-25-14(15(27)29(30)31)28-8-24-13(26-28)10-3-11(16(18,19)20)5-12(4-10)17(21,22)23/h3-5,7-9H,6H2,1-2H3. The maximum absolute atomic E-state index is 13.1. The number of aromatic nitrogens is 5. The molecule has 3 rings (SSSR count). The Morgan fingerprint density at radius 2 is 1.58 bits per heavy atom. The molecule has 0 saturated heterocycles. The van der Waals surface area contributed by atoms with Gasteiger partial charge in [-0.15, -0.1) is 5.10 Å². The molecular formula is C17H14F6N6O2. The Balaban J connectivity index is 2.10. The summed E-state index contributed by atoms with van der Waals surface area (Å²) < 4.78 is 80.5. The molecule has 2 heterocycles. The van der Waals surface area contributed by atoms with Gasteiger partial charge < -0.3 is 10.1 Å². The first-order chi connectivity index (χ1) is 14.3. The monoisotopic (exact) mass is 448 g/mol. The van der Waals surface area contributed by atoms with Crippen LogP contribution in [0.1, 0.15) is 25.0 Å². The Morgan fingerprint density at radius 1 is 1.00 bits per heavy atom. The molecule has 1 aromatic carbocycles. The summed E-state index contributed by atoms with van der Waals surface area (Å²) in [6.07, 6.45) is -7.95. The number of benzene rings is 1. The molecule has 0 amide bonds. The van der Waals surface area contributed by atoms with E-state index in [1.54, 1.807) is 0 Å². The number of rotatable bonds is 5. The van der Waals surface area contributed by atoms with Gasteiger partial charge in [-0.1, -0.05) is 13.8 Å². The largest absolute Gasteiger partial charge is 0.416 e. The van der Waals surface area contributed by atoms with E-state index in [4.69, 9.17) is 0 Å². The van der Waals surface area contributed by atoms with Crippen LogP contribution in [-0.2, 0) is 18.9 Å². The van der Waals surface area contributed by atoms with Crippen LogP contribution >= 0.6 is 0 Å². The highest BCUT2D eigenvalue weighted by atomic mass is 19.4. The second-order valence-corrected chi connectivity index (χ2v) is 7.00. The second kappa shape index (κ2) is 7.67. The smallest absolute Gasteiger partial charge is 0.358 e. The van der Waals surface area contributed by atoms with Crippen molar-refractivity contribution in [3.63, 3.8) is 0 Å². The molecule has 0 aliphatic heterocycles. The second-order valence-electron chi connectivity index (χ2n) is 7.00. The van der Waals surface area contributed by atoms with Gasteiger partial charge >= 0.3 is 18.2 Å². The molecule has 2 aromatic heterocycles. The van der Waals surface area contributed by atoms with Crippen LogP contribution in [0.3, 0.4) is 0 Å². The summed E-state index contributed by atoms with van der Waals surface area (Å²) in [5.74, 6) is -1.15. The van der Waals surface area contributed by atoms with Crippen LogP contribution in [-0.4, -0.2) is 29.2 Å². The fraction of sp³-hybridized carbons (Fsp3) is 0.353. The van der Waals surface area contributed by atoms with Crippen LogP contribution < -0.4 is 0 Å². The Hall–Kier alpha value is -3.45. The van der Waals surface area contributed by atoms with Crippen molar-refractivity contribution in [1.29, 1.82) is 0 Å². The fourth-order valence-electron chi connectivity index (χ4n) is 2.82. The molecule has 0 bridgehead atoms. The average Bonchev–Trinajstić information content (AvgIpc) is 3.26. The van der Waals surface area contributed by atoms with Gasteiger partial charge in [0.05, 0.1) is 17.7 Å². The van der Waals surface area contributed by atoms with E-state index in [-0.39, 0.29) is 24.3 Å². The predicted octanol–water partition coefficient (Wildman–Crippen LogP) is 4.73. The Morgan fingerprint density at radius 3 is 2.06 bits per heavy atom. The summed E-state index contributed by atoms with van der Waals surface area (Å²) in [5, 5.41) is 15.3. The number of halogens is 6. The van der Waals surface area contributed by atoms with Crippen molar-refractivity contribution < 1.29 is 31.3 Å². The molecule has 0 N–H and O–H groups in total. The molecule has 14 heteroatoms. The van der Waals surface area contributed by atoms with Crippen molar-refractivity contribution in [2.45, 2.75) is 32.7 Å². The Bertz CT molecular complexity index is 1080. The van der Waals surface area contributed by atoms with E-state index in [1.807, 2.05) is 13.8 Å². The predicted molar refractivity (Wildman–Crippen MR) is 94.1 cm³/mol. The maximum Gasteiger partial charge on any atom is 0.416 e. The summed E-state index contributed by atoms with van der Waals surface area (Å²) in [7, 11) is 0. The molecule has 3 aromatic rings. The lowest BCUT2D eigenvalue weighted by Gasteiger charge is -2.13. The molecule has 0 unspecified atom stereocenters. The van der Waals surface area contributed by atoms with Crippen molar-refractivity contribution in [2.75, 3.05) is 0 Å². The molecule has 0 aliphatic carbocycles. The van der Waals surface area contributed by atoms with Crippen LogP contribution in [0, 0.1) is 16.0 Å². The van der Waals surface area contributed by atoms with E-state index in [0.717, 1.165) is 11.0 Å². The van der Waals surface area contributed by atoms with Crippen molar-refractivity contribution in [2.24, 2.45) is 5.92 Å². The van der Waals surface area contributed by atoms with Gasteiger partial charge in [-0.05, 0) is 29.0 Å². The summed E-state index contributed by atoms with van der Waals surface area (Å²) in [6.45, 7) is 3.90. The van der Waals surface area contributed by atoms with Crippen molar-refractivity contribution in [1.82, 2.24) is 24.3 Å². The van der Waals surface area contributed by atoms with Crippen LogP contribution in [0.15, 0.2) is 30.9 Å². The minimum Gasteiger partial charge on any atom is -0.358 e. The van der Waals surface area contributed by atoms with Gasteiger partial charge in [0, 0.05) is 5.56 Å². The van der Waals surface area contributed by atoms with Crippen molar-refractivity contribution in [3.8, 4) is 17.2 Å². The summed E-state index contributed by atoms with van der Waals surface area (Å²) in [4.78, 5) is 18.4. The Labute approximate surface area is 170 Å². The third-order valence-electron chi connectivity index (χ3n) is 4.08. The highest BCUT2D eigenvalue weighted by Gasteiger charge is 2.37. The zero-order valence-electron chi connectivity index (χ0n) is 15.9. The number of nitrogens with zero attached hydrogens (tertiary/aromatic N) is 6. The number of hydrogen-bond donors (Lipinski definition) is 0. The molecule has 166 valence electrons. The van der Waals surface area contributed by atoms with E-state index in [0.29, 0.717) is 12.1 Å². The van der Waals surface area contributed by atoms with Crippen LogP contribution in [0.2, 0.25) is 0 Å². The molecule has 0 fully saturated rings. The number of nitro groups is 1. The zero-order valence-corrected chi connectivity index (χ0v) is 15.9. The molecule has 8 nitrogen and oxygen atoms in total. The fourth-order valence-corrected chi connectivity index (χ4v) is 2.82. The first-order valence-electron chi connectivity index (χ1n) is 8.68. The summed E-state index contributed by atoms with van der Waals surface area (Å²) >= 11 is 0. The highest BCUT2D eigenvalue weighted by molar-refractivity contribution is 5.58. The lowest BCUT2D eigenvalue weighted by atomic mass is 10.0. The third kappa shape index (κ3) is 4.67. The van der Waals surface area contributed by atoms with Crippen molar-refractivity contribution in [3.05, 3.63) is 52.1 Å². The Kier molecular flexibility index (Phi) is 5.50. The zero-order chi connectivity index (χ0) is 23.1. The van der Waals surface area contributed by atoms with E-state index >= 15 is 0 Å². The SMILES string of the molecule is CC(C)Cn1cnc(-n2cnc(-c3cc(C(F)(F)F)cc(C(F)(F)F)c3)n2)c1[N+](=O)[O-]. The quantitative estimate of drug-likeness (QED) is 0.320. The van der Waals surface area contributed by atoms with Crippen molar-refractivity contribution >= 4 is 5.82 Å². The van der Waals surface area contributed by atoms with E-state index < -0.39 is 45.6 Å². The van der Waals surface area contributed by atoms with Crippen LogP contribution in [0.5, 0.6) is 0 Å². The van der Waals surface area contributed by atoms with Gasteiger partial charge in [0.15, 0.2) is 12.2 Å².